The van der Waals surface area contributed by atoms with Gasteiger partial charge in [0.1, 0.15) is 11.7 Å². The average molecular weight is 347 g/mol. The minimum absolute atomic E-state index is 0.202. The number of aliphatic hydroxyl groups is 1. The first-order valence-electron chi connectivity index (χ1n) is 8.11. The van der Waals surface area contributed by atoms with Gasteiger partial charge >= 0.3 is 12.1 Å². The lowest BCUT2D eigenvalue weighted by molar-refractivity contribution is -0.136. The molecule has 2 N–H and O–H groups in total. The summed E-state index contributed by atoms with van der Waals surface area (Å²) in [5.41, 5.74) is 0.240. The lowest BCUT2D eigenvalue weighted by Gasteiger charge is -2.25. The molecule has 0 aliphatic carbocycles. The maximum absolute atomic E-state index is 12.0. The lowest BCUT2D eigenvalue weighted by Crippen LogP contribution is -2.46. The molecule has 0 bridgehead atoms. The van der Waals surface area contributed by atoms with E-state index in [0.717, 1.165) is 5.56 Å². The summed E-state index contributed by atoms with van der Waals surface area (Å²) in [6.45, 7) is 7.10. The molecule has 1 rings (SSSR count). The topological polar surface area (TPSA) is 84.9 Å². The Bertz CT molecular complexity index is 625. The summed E-state index contributed by atoms with van der Waals surface area (Å²) >= 11 is 0. The second-order valence-corrected chi connectivity index (χ2v) is 6.38. The van der Waals surface area contributed by atoms with Gasteiger partial charge in [-0.25, -0.2) is 9.59 Å². The molecular formula is C19H25NO5. The van der Waals surface area contributed by atoms with Crippen molar-refractivity contribution < 1.29 is 24.2 Å². The molecule has 0 aliphatic heterocycles. The van der Waals surface area contributed by atoms with E-state index in [1.165, 1.54) is 0 Å². The largest absolute Gasteiger partial charge is 0.456 e. The van der Waals surface area contributed by atoms with Crippen molar-refractivity contribution in [3.63, 3.8) is 0 Å². The number of rotatable bonds is 5. The van der Waals surface area contributed by atoms with Crippen LogP contribution in [-0.4, -0.2) is 41.5 Å². The number of hydrogen-bond acceptors (Lipinski definition) is 5. The zero-order chi connectivity index (χ0) is 18.9. The number of carbonyl (C=O) groups is 2. The summed E-state index contributed by atoms with van der Waals surface area (Å²) in [7, 11) is 0. The lowest BCUT2D eigenvalue weighted by atomic mass is 10.0. The van der Waals surface area contributed by atoms with E-state index in [1.807, 2.05) is 30.3 Å². The van der Waals surface area contributed by atoms with E-state index in [0.29, 0.717) is 6.42 Å². The van der Waals surface area contributed by atoms with Crippen molar-refractivity contribution >= 4 is 12.1 Å². The van der Waals surface area contributed by atoms with Gasteiger partial charge in [0.25, 0.3) is 0 Å². The van der Waals surface area contributed by atoms with E-state index in [9.17, 15) is 14.7 Å². The zero-order valence-electron chi connectivity index (χ0n) is 15.0. The van der Waals surface area contributed by atoms with Crippen LogP contribution in [0.5, 0.6) is 0 Å². The Labute approximate surface area is 148 Å². The SMILES string of the molecule is CCOC(=O)C#C[C@H](O)[C@H](Cc1ccccc1)NC(=O)OC(C)(C)C. The third-order valence-electron chi connectivity index (χ3n) is 2.98. The van der Waals surface area contributed by atoms with Crippen LogP contribution < -0.4 is 5.32 Å². The van der Waals surface area contributed by atoms with Crippen LogP contribution in [0.4, 0.5) is 4.79 Å². The van der Waals surface area contributed by atoms with Crippen molar-refractivity contribution in [2.45, 2.75) is 51.9 Å². The van der Waals surface area contributed by atoms with Crippen molar-refractivity contribution in [3.8, 4) is 11.8 Å². The Morgan fingerprint density at radius 3 is 2.44 bits per heavy atom. The van der Waals surface area contributed by atoms with E-state index in [4.69, 9.17) is 9.47 Å². The molecule has 2 atom stereocenters. The number of esters is 1. The highest BCUT2D eigenvalue weighted by molar-refractivity contribution is 5.88. The molecule has 0 radical (unpaired) electrons. The highest BCUT2D eigenvalue weighted by atomic mass is 16.6. The fourth-order valence-electron chi connectivity index (χ4n) is 1.97. The minimum atomic E-state index is -1.25. The van der Waals surface area contributed by atoms with E-state index in [-0.39, 0.29) is 6.61 Å². The Morgan fingerprint density at radius 1 is 1.24 bits per heavy atom. The fourth-order valence-corrected chi connectivity index (χ4v) is 1.97. The monoisotopic (exact) mass is 347 g/mol. The second kappa shape index (κ2) is 9.70. The molecule has 1 aromatic carbocycles. The van der Waals surface area contributed by atoms with Crippen LogP contribution in [0.25, 0.3) is 0 Å². The number of carbonyl (C=O) groups excluding carboxylic acids is 2. The van der Waals surface area contributed by atoms with Gasteiger partial charge in [-0.2, -0.15) is 0 Å². The van der Waals surface area contributed by atoms with Crippen molar-refractivity contribution in [2.75, 3.05) is 6.61 Å². The van der Waals surface area contributed by atoms with Gasteiger partial charge in [0.15, 0.2) is 0 Å². The van der Waals surface area contributed by atoms with Crippen LogP contribution in [0.1, 0.15) is 33.3 Å². The molecule has 1 amide bonds. The van der Waals surface area contributed by atoms with Gasteiger partial charge in [-0.3, -0.25) is 0 Å². The molecular weight excluding hydrogens is 322 g/mol. The number of benzene rings is 1. The van der Waals surface area contributed by atoms with Crippen LogP contribution in [0, 0.1) is 11.8 Å². The van der Waals surface area contributed by atoms with Gasteiger partial charge in [0.2, 0.25) is 0 Å². The molecule has 0 fully saturated rings. The number of aliphatic hydroxyl groups excluding tert-OH is 1. The summed E-state index contributed by atoms with van der Waals surface area (Å²) in [5, 5.41) is 12.9. The third kappa shape index (κ3) is 8.77. The number of hydrogen-bond donors (Lipinski definition) is 2. The molecule has 0 spiro atoms. The van der Waals surface area contributed by atoms with Crippen LogP contribution in [0.3, 0.4) is 0 Å². The second-order valence-electron chi connectivity index (χ2n) is 6.38. The molecule has 0 saturated heterocycles. The predicted molar refractivity (Wildman–Crippen MR) is 93.7 cm³/mol. The molecule has 25 heavy (non-hydrogen) atoms. The van der Waals surface area contributed by atoms with E-state index < -0.39 is 29.8 Å². The molecule has 6 nitrogen and oxygen atoms in total. The van der Waals surface area contributed by atoms with E-state index >= 15 is 0 Å². The molecule has 0 unspecified atom stereocenters. The number of ether oxygens (including phenoxy) is 2. The smallest absolute Gasteiger partial charge is 0.408 e. The van der Waals surface area contributed by atoms with Crippen molar-refractivity contribution in [2.24, 2.45) is 0 Å². The molecule has 0 saturated carbocycles. The number of alkyl carbamates (subject to hydrolysis) is 1. The van der Waals surface area contributed by atoms with Gasteiger partial charge in [-0.15, -0.1) is 0 Å². The average Bonchev–Trinajstić information content (AvgIpc) is 2.51. The molecule has 0 aliphatic rings. The van der Waals surface area contributed by atoms with Gasteiger partial charge in [0, 0.05) is 5.92 Å². The Balaban J connectivity index is 2.86. The highest BCUT2D eigenvalue weighted by Gasteiger charge is 2.24. The van der Waals surface area contributed by atoms with Gasteiger partial charge < -0.3 is 19.9 Å². The van der Waals surface area contributed by atoms with Crippen molar-refractivity contribution in [3.05, 3.63) is 35.9 Å². The van der Waals surface area contributed by atoms with Crippen LogP contribution in [0.2, 0.25) is 0 Å². The molecule has 136 valence electrons. The van der Waals surface area contributed by atoms with Crippen LogP contribution in [0.15, 0.2) is 30.3 Å². The summed E-state index contributed by atoms with van der Waals surface area (Å²) in [4.78, 5) is 23.3. The number of nitrogens with one attached hydrogen (secondary N) is 1. The first-order chi connectivity index (χ1) is 11.7. The highest BCUT2D eigenvalue weighted by Crippen LogP contribution is 2.10. The summed E-state index contributed by atoms with van der Waals surface area (Å²) < 4.78 is 9.92. The Morgan fingerprint density at radius 2 is 1.88 bits per heavy atom. The van der Waals surface area contributed by atoms with Crippen molar-refractivity contribution in [1.82, 2.24) is 5.32 Å². The summed E-state index contributed by atoms with van der Waals surface area (Å²) in [6, 6.07) is 8.59. The Hall–Kier alpha value is -2.52. The van der Waals surface area contributed by atoms with Crippen molar-refractivity contribution in [1.29, 1.82) is 0 Å². The molecule has 1 aromatic rings. The zero-order valence-corrected chi connectivity index (χ0v) is 15.0. The third-order valence-corrected chi connectivity index (χ3v) is 2.98. The van der Waals surface area contributed by atoms with Gasteiger partial charge in [-0.05, 0) is 39.7 Å². The summed E-state index contributed by atoms with van der Waals surface area (Å²) in [5.74, 6) is 3.91. The quantitative estimate of drug-likeness (QED) is 0.484. The number of amides is 1. The minimum Gasteiger partial charge on any atom is -0.456 e. The molecule has 0 heterocycles. The Kier molecular flexibility index (Phi) is 7.96. The maximum Gasteiger partial charge on any atom is 0.408 e. The predicted octanol–water partition coefficient (Wildman–Crippen LogP) is 2.05. The first kappa shape index (κ1) is 20.5. The van der Waals surface area contributed by atoms with Crippen LogP contribution >= 0.6 is 0 Å². The first-order valence-corrected chi connectivity index (χ1v) is 8.11. The molecule has 0 aromatic heterocycles. The summed E-state index contributed by atoms with van der Waals surface area (Å²) in [6.07, 6.45) is -1.58. The molecule has 6 heteroatoms. The fraction of sp³-hybridized carbons (Fsp3) is 0.474. The van der Waals surface area contributed by atoms with Gasteiger partial charge in [0.05, 0.1) is 12.6 Å². The van der Waals surface area contributed by atoms with Gasteiger partial charge in [-0.1, -0.05) is 36.3 Å². The maximum atomic E-state index is 12.0. The van der Waals surface area contributed by atoms with E-state index in [1.54, 1.807) is 27.7 Å². The normalized spacial score (nSPS) is 13.0. The standard InChI is InChI=1S/C19H25NO5/c1-5-24-17(22)12-11-16(21)15(13-14-9-7-6-8-10-14)20-18(23)25-19(2,3)4/h6-10,15-16,21H,5,13H2,1-4H3,(H,20,23)/t15-,16-/m0/s1. The van der Waals surface area contributed by atoms with Crippen LogP contribution in [-0.2, 0) is 20.7 Å². The van der Waals surface area contributed by atoms with E-state index in [2.05, 4.69) is 17.2 Å².